The fourth-order valence-electron chi connectivity index (χ4n) is 0.936. The topological polar surface area (TPSA) is 67.0 Å². The van der Waals surface area contributed by atoms with E-state index in [9.17, 15) is 22.0 Å². The lowest BCUT2D eigenvalue weighted by molar-refractivity contribution is 0.142. The number of pyridine rings is 1. The van der Waals surface area contributed by atoms with Gasteiger partial charge in [0.05, 0.1) is 5.02 Å². The van der Waals surface area contributed by atoms with E-state index in [4.69, 9.17) is 22.3 Å². The summed E-state index contributed by atoms with van der Waals surface area (Å²) in [6.07, 6.45) is -3.19. The van der Waals surface area contributed by atoms with Crippen LogP contribution >= 0.6 is 22.3 Å². The number of nitrogens with one attached hydrogen (secondary N) is 1. The Morgan fingerprint density at radius 1 is 1.40 bits per heavy atom. The van der Waals surface area contributed by atoms with Crippen LogP contribution in [0.15, 0.2) is 15.8 Å². The Bertz CT molecular complexity index is 540. The maximum absolute atomic E-state index is 12.4. The number of halogens is 4. The van der Waals surface area contributed by atoms with Crippen molar-refractivity contribution in [3.05, 3.63) is 27.1 Å². The molecule has 0 radical (unpaired) electrons. The smallest absolute Gasteiger partial charge is 0.279 e. The van der Waals surface area contributed by atoms with E-state index < -0.39 is 36.6 Å². The zero-order valence-electron chi connectivity index (χ0n) is 6.80. The molecule has 0 aliphatic heterocycles. The van der Waals surface area contributed by atoms with Gasteiger partial charge in [0, 0.05) is 16.7 Å². The van der Waals surface area contributed by atoms with Crippen molar-refractivity contribution in [2.75, 3.05) is 0 Å². The number of hydrogen-bond acceptors (Lipinski definition) is 3. The molecule has 1 N–H and O–H groups in total. The van der Waals surface area contributed by atoms with Crippen molar-refractivity contribution in [3.63, 3.8) is 0 Å². The maximum atomic E-state index is 12.4. The van der Waals surface area contributed by atoms with Crippen molar-refractivity contribution in [1.82, 2.24) is 4.98 Å². The Morgan fingerprint density at radius 2 is 1.93 bits per heavy atom. The van der Waals surface area contributed by atoms with Gasteiger partial charge in [-0.2, -0.15) is 0 Å². The second-order valence-corrected chi connectivity index (χ2v) is 5.37. The van der Waals surface area contributed by atoms with Gasteiger partial charge >= 0.3 is 0 Å². The molecule has 0 bridgehead atoms. The number of aromatic amines is 1. The summed E-state index contributed by atoms with van der Waals surface area (Å²) < 4.78 is 46.6. The van der Waals surface area contributed by atoms with E-state index >= 15 is 0 Å². The van der Waals surface area contributed by atoms with Gasteiger partial charge in [-0.05, 0) is 0 Å². The molecule has 0 aliphatic carbocycles. The zero-order chi connectivity index (χ0) is 11.8. The Morgan fingerprint density at radius 3 is 2.33 bits per heavy atom. The molecule has 0 fully saturated rings. The van der Waals surface area contributed by atoms with Crippen LogP contribution < -0.4 is 5.56 Å². The molecular weight excluding hydrogens is 275 g/mol. The molecule has 4 nitrogen and oxygen atoms in total. The molecule has 0 aromatic carbocycles. The van der Waals surface area contributed by atoms with Crippen LogP contribution in [-0.4, -0.2) is 13.4 Å². The molecule has 0 unspecified atom stereocenters. The lowest BCUT2D eigenvalue weighted by Gasteiger charge is -2.06. The third kappa shape index (κ3) is 2.67. The summed E-state index contributed by atoms with van der Waals surface area (Å²) in [4.78, 5) is 11.5. The van der Waals surface area contributed by atoms with Gasteiger partial charge in [-0.15, -0.1) is 0 Å². The molecule has 0 amide bonds. The molecule has 0 aliphatic rings. The molecule has 1 heterocycles. The minimum absolute atomic E-state index is 0.635. The molecule has 84 valence electrons. The number of aromatic nitrogens is 1. The fraction of sp³-hybridized carbons (Fsp3) is 0.167. The molecule has 1 aromatic rings. The molecule has 0 saturated heterocycles. The number of rotatable bonds is 2. The van der Waals surface area contributed by atoms with Crippen molar-refractivity contribution in [2.45, 2.75) is 11.3 Å². The lowest BCUT2D eigenvalue weighted by atomic mass is 10.3. The van der Waals surface area contributed by atoms with Gasteiger partial charge in [0.25, 0.3) is 15.5 Å². The molecular formula is C6H3Cl2F2NO3S. The number of alkyl halides is 2. The van der Waals surface area contributed by atoms with E-state index in [-0.39, 0.29) is 0 Å². The predicted molar refractivity (Wildman–Crippen MR) is 50.1 cm³/mol. The Labute approximate surface area is 92.2 Å². The average Bonchev–Trinajstić information content (AvgIpc) is 1.99. The zero-order valence-corrected chi connectivity index (χ0v) is 9.13. The molecule has 0 saturated carbocycles. The first-order valence-corrected chi connectivity index (χ1v) is 6.07. The second kappa shape index (κ2) is 4.07. The molecule has 1 aromatic heterocycles. The Balaban J connectivity index is 3.70. The highest BCUT2D eigenvalue weighted by Gasteiger charge is 2.26. The highest BCUT2D eigenvalue weighted by molar-refractivity contribution is 8.13. The van der Waals surface area contributed by atoms with E-state index in [0.717, 1.165) is 0 Å². The van der Waals surface area contributed by atoms with Crippen LogP contribution in [0.1, 0.15) is 12.1 Å². The third-order valence-electron chi connectivity index (χ3n) is 1.44. The minimum Gasteiger partial charge on any atom is -0.320 e. The quantitative estimate of drug-likeness (QED) is 0.840. The first kappa shape index (κ1) is 12.4. The highest BCUT2D eigenvalue weighted by atomic mass is 35.7. The van der Waals surface area contributed by atoms with E-state index in [1.807, 2.05) is 0 Å². The van der Waals surface area contributed by atoms with Crippen molar-refractivity contribution in [3.8, 4) is 0 Å². The largest absolute Gasteiger partial charge is 0.320 e. The summed E-state index contributed by atoms with van der Waals surface area (Å²) >= 11 is 5.35. The van der Waals surface area contributed by atoms with Gasteiger partial charge in [0.15, 0.2) is 0 Å². The number of H-pyrrole nitrogens is 1. The first-order chi connectivity index (χ1) is 6.73. The Kier molecular flexibility index (Phi) is 3.37. The van der Waals surface area contributed by atoms with Crippen LogP contribution in [-0.2, 0) is 9.05 Å². The molecule has 9 heteroatoms. The normalized spacial score (nSPS) is 12.1. The standard InChI is InChI=1S/C6H3Cl2F2NO3S/c7-2-1-3(12)11-4(6(9)10)5(2)15(8,13)14/h1,6H,(H,11,12). The summed E-state index contributed by atoms with van der Waals surface area (Å²) in [5.41, 5.74) is -2.04. The van der Waals surface area contributed by atoms with Crippen LogP contribution in [0.4, 0.5) is 8.78 Å². The van der Waals surface area contributed by atoms with E-state index in [1.54, 1.807) is 4.98 Å². The van der Waals surface area contributed by atoms with Gasteiger partial charge in [0.2, 0.25) is 5.56 Å². The predicted octanol–water partition coefficient (Wildman–Crippen LogP) is 1.89. The monoisotopic (exact) mass is 277 g/mol. The van der Waals surface area contributed by atoms with E-state index in [2.05, 4.69) is 0 Å². The summed E-state index contributed by atoms with van der Waals surface area (Å²) in [6.45, 7) is 0. The molecule has 15 heavy (non-hydrogen) atoms. The minimum atomic E-state index is -4.44. The van der Waals surface area contributed by atoms with Gasteiger partial charge in [-0.3, -0.25) is 4.79 Å². The van der Waals surface area contributed by atoms with E-state index in [0.29, 0.717) is 6.07 Å². The molecule has 0 atom stereocenters. The summed E-state index contributed by atoms with van der Waals surface area (Å²) in [5.74, 6) is 0. The van der Waals surface area contributed by atoms with Crippen LogP contribution in [0.3, 0.4) is 0 Å². The van der Waals surface area contributed by atoms with Gasteiger partial charge < -0.3 is 4.98 Å². The maximum Gasteiger partial charge on any atom is 0.279 e. The van der Waals surface area contributed by atoms with Crippen LogP contribution in [0.5, 0.6) is 0 Å². The van der Waals surface area contributed by atoms with Gasteiger partial charge in [-0.1, -0.05) is 11.6 Å². The number of hydrogen-bond donors (Lipinski definition) is 1. The van der Waals surface area contributed by atoms with Crippen molar-refractivity contribution >= 4 is 31.3 Å². The van der Waals surface area contributed by atoms with Crippen LogP contribution in [0, 0.1) is 0 Å². The van der Waals surface area contributed by atoms with Crippen molar-refractivity contribution < 1.29 is 17.2 Å². The van der Waals surface area contributed by atoms with Crippen molar-refractivity contribution in [1.29, 1.82) is 0 Å². The first-order valence-electron chi connectivity index (χ1n) is 3.39. The molecule has 0 spiro atoms. The van der Waals surface area contributed by atoms with Gasteiger partial charge in [0.1, 0.15) is 10.6 Å². The van der Waals surface area contributed by atoms with E-state index in [1.165, 1.54) is 0 Å². The third-order valence-corrected chi connectivity index (χ3v) is 3.24. The SMILES string of the molecule is O=c1cc(Cl)c(S(=O)(=O)Cl)c(C(F)F)[nH]1. The lowest BCUT2D eigenvalue weighted by Crippen LogP contribution is -2.13. The van der Waals surface area contributed by atoms with Gasteiger partial charge in [-0.25, -0.2) is 17.2 Å². The summed E-state index contributed by atoms with van der Waals surface area (Å²) in [7, 11) is 0.462. The fourth-order valence-corrected chi connectivity index (χ4v) is 2.75. The Hall–Kier alpha value is -0.660. The van der Waals surface area contributed by atoms with Crippen molar-refractivity contribution in [2.24, 2.45) is 0 Å². The average molecular weight is 278 g/mol. The summed E-state index contributed by atoms with van der Waals surface area (Å²) in [6, 6.07) is 0.655. The van der Waals surface area contributed by atoms with Crippen LogP contribution in [0.2, 0.25) is 5.02 Å². The highest BCUT2D eigenvalue weighted by Crippen LogP contribution is 2.31. The molecule has 1 rings (SSSR count). The second-order valence-electron chi connectivity index (χ2n) is 2.46. The van der Waals surface area contributed by atoms with Crippen LogP contribution in [0.25, 0.3) is 0 Å². The summed E-state index contributed by atoms with van der Waals surface area (Å²) in [5, 5.41) is -0.635.